The molecule has 1 aromatic carbocycles. The maximum Gasteiger partial charge on any atom is 0.416 e. The van der Waals surface area contributed by atoms with Gasteiger partial charge in [-0.1, -0.05) is 19.3 Å². The zero-order valence-electron chi connectivity index (χ0n) is 14.1. The second-order valence-electron chi connectivity index (χ2n) is 6.98. The summed E-state index contributed by atoms with van der Waals surface area (Å²) in [6.45, 7) is 2.92. The molecule has 0 amide bonds. The number of halogens is 4. The number of rotatable bonds is 3. The van der Waals surface area contributed by atoms with Crippen molar-refractivity contribution in [1.29, 1.82) is 0 Å². The largest absolute Gasteiger partial charge is 0.506 e. The summed E-state index contributed by atoms with van der Waals surface area (Å²) in [6.07, 6.45) is 0.582. The molecule has 140 valence electrons. The third kappa shape index (κ3) is 4.14. The first-order valence-electron chi connectivity index (χ1n) is 8.93. The van der Waals surface area contributed by atoms with Gasteiger partial charge in [0, 0.05) is 37.8 Å². The van der Waals surface area contributed by atoms with Crippen LogP contribution in [0.1, 0.15) is 49.3 Å². The van der Waals surface area contributed by atoms with Crippen molar-refractivity contribution in [3.05, 3.63) is 27.7 Å². The lowest BCUT2D eigenvalue weighted by Gasteiger charge is -2.42. The topological polar surface area (TPSA) is 35.5 Å². The molecule has 2 N–H and O–H groups in total. The minimum atomic E-state index is -4.48. The van der Waals surface area contributed by atoms with Crippen LogP contribution in [0.25, 0.3) is 0 Å². The Hall–Kier alpha value is -0.790. The number of nitrogens with zero attached hydrogens (tertiary/aromatic N) is 1. The van der Waals surface area contributed by atoms with Crippen LogP contribution in [0.4, 0.5) is 13.2 Å². The van der Waals surface area contributed by atoms with Crippen molar-refractivity contribution >= 4 is 15.9 Å². The first-order chi connectivity index (χ1) is 11.9. The summed E-state index contributed by atoms with van der Waals surface area (Å²) in [6, 6.07) is 1.99. The van der Waals surface area contributed by atoms with Gasteiger partial charge in [-0.2, -0.15) is 13.2 Å². The Labute approximate surface area is 154 Å². The number of alkyl halides is 3. The lowest BCUT2D eigenvalue weighted by molar-refractivity contribution is -0.139. The first kappa shape index (κ1) is 19.0. The summed E-state index contributed by atoms with van der Waals surface area (Å²) in [5, 5.41) is 13.8. The molecule has 1 saturated heterocycles. The minimum absolute atomic E-state index is 0.0516. The quantitative estimate of drug-likeness (QED) is 0.743. The van der Waals surface area contributed by atoms with E-state index in [9.17, 15) is 18.3 Å². The first-order valence-corrected chi connectivity index (χ1v) is 9.72. The average molecular weight is 421 g/mol. The summed E-state index contributed by atoms with van der Waals surface area (Å²) < 4.78 is 41.4. The molecule has 25 heavy (non-hydrogen) atoms. The van der Waals surface area contributed by atoms with Gasteiger partial charge >= 0.3 is 6.18 Å². The van der Waals surface area contributed by atoms with Gasteiger partial charge in [0.25, 0.3) is 0 Å². The maximum absolute atomic E-state index is 13.7. The predicted octanol–water partition coefficient (Wildman–Crippen LogP) is 4.70. The number of hydrogen-bond donors (Lipinski definition) is 2. The molecular formula is C18H24BrF3N2O. The van der Waals surface area contributed by atoms with Gasteiger partial charge in [-0.15, -0.1) is 0 Å². The van der Waals surface area contributed by atoms with Gasteiger partial charge in [0.1, 0.15) is 5.75 Å². The van der Waals surface area contributed by atoms with Crippen LogP contribution in [-0.2, 0) is 6.18 Å². The highest BCUT2D eigenvalue weighted by Crippen LogP contribution is 2.48. The molecule has 2 aliphatic rings. The number of aromatic hydroxyl groups is 1. The zero-order chi connectivity index (χ0) is 18.0. The molecular weight excluding hydrogens is 397 g/mol. The van der Waals surface area contributed by atoms with E-state index in [1.165, 1.54) is 6.07 Å². The molecule has 1 atom stereocenters. The Morgan fingerprint density at radius 3 is 2.36 bits per heavy atom. The number of nitrogens with one attached hydrogen (secondary N) is 1. The summed E-state index contributed by atoms with van der Waals surface area (Å²) >= 11 is 3.22. The molecule has 3 rings (SSSR count). The molecule has 1 aromatic rings. The van der Waals surface area contributed by atoms with Crippen molar-refractivity contribution in [2.24, 2.45) is 5.92 Å². The molecule has 0 spiro atoms. The standard InChI is InChI=1S/C18H24BrF3N2O/c19-14-7-6-13(18(20,21)22)15(17(14)25)16(12-4-2-1-3-5-12)24-10-8-23-9-11-24/h6-7,12,16,23,25H,1-5,8-11H2/t16-/m0/s1. The summed E-state index contributed by atoms with van der Waals surface area (Å²) in [5.74, 6) is -0.114. The molecule has 3 nitrogen and oxygen atoms in total. The SMILES string of the molecule is Oc1c(Br)ccc(C(F)(F)F)c1[C@H](C1CCCCC1)N1CCNCC1. The molecule has 0 aromatic heterocycles. The van der Waals surface area contributed by atoms with Crippen LogP contribution in [0.5, 0.6) is 5.75 Å². The monoisotopic (exact) mass is 420 g/mol. The number of hydrogen-bond acceptors (Lipinski definition) is 3. The van der Waals surface area contributed by atoms with Gasteiger partial charge in [-0.3, -0.25) is 4.90 Å². The van der Waals surface area contributed by atoms with E-state index in [2.05, 4.69) is 26.1 Å². The minimum Gasteiger partial charge on any atom is -0.506 e. The van der Waals surface area contributed by atoms with Crippen molar-refractivity contribution < 1.29 is 18.3 Å². The van der Waals surface area contributed by atoms with Gasteiger partial charge in [0.05, 0.1) is 10.0 Å². The highest BCUT2D eigenvalue weighted by molar-refractivity contribution is 9.10. The molecule has 1 aliphatic heterocycles. The van der Waals surface area contributed by atoms with Gasteiger partial charge < -0.3 is 10.4 Å². The van der Waals surface area contributed by atoms with Crippen molar-refractivity contribution in [3.8, 4) is 5.75 Å². The summed E-state index contributed by atoms with van der Waals surface area (Å²) in [4.78, 5) is 2.13. The van der Waals surface area contributed by atoms with Crippen molar-refractivity contribution in [2.45, 2.75) is 44.3 Å². The van der Waals surface area contributed by atoms with Crippen LogP contribution < -0.4 is 5.32 Å². The highest BCUT2D eigenvalue weighted by Gasteiger charge is 2.41. The molecule has 1 saturated carbocycles. The lowest BCUT2D eigenvalue weighted by atomic mass is 9.78. The third-order valence-corrected chi connectivity index (χ3v) is 6.05. The van der Waals surface area contributed by atoms with E-state index in [0.717, 1.165) is 51.3 Å². The molecule has 0 unspecified atom stereocenters. The van der Waals surface area contributed by atoms with Crippen LogP contribution in [0, 0.1) is 5.92 Å². The lowest BCUT2D eigenvalue weighted by Crippen LogP contribution is -2.47. The van der Waals surface area contributed by atoms with Crippen LogP contribution >= 0.6 is 15.9 Å². The molecule has 0 radical (unpaired) electrons. The average Bonchev–Trinajstić information content (AvgIpc) is 2.60. The van der Waals surface area contributed by atoms with E-state index in [4.69, 9.17) is 0 Å². The number of phenolic OH excluding ortho intramolecular Hbond substituents is 1. The zero-order valence-corrected chi connectivity index (χ0v) is 15.7. The number of piperazine rings is 1. The normalized spacial score (nSPS) is 22.1. The fourth-order valence-electron chi connectivity index (χ4n) is 4.25. The summed E-state index contributed by atoms with van der Waals surface area (Å²) in [7, 11) is 0. The fourth-order valence-corrected chi connectivity index (χ4v) is 4.60. The van der Waals surface area contributed by atoms with Crippen LogP contribution in [0.2, 0.25) is 0 Å². The van der Waals surface area contributed by atoms with Gasteiger partial charge in [0.2, 0.25) is 0 Å². The summed E-state index contributed by atoms with van der Waals surface area (Å²) in [5.41, 5.74) is -0.655. The van der Waals surface area contributed by atoms with E-state index in [1.807, 2.05) is 0 Å². The molecule has 0 bridgehead atoms. The maximum atomic E-state index is 13.7. The molecule has 1 heterocycles. The van der Waals surface area contributed by atoms with E-state index in [-0.39, 0.29) is 17.2 Å². The van der Waals surface area contributed by atoms with Crippen molar-refractivity contribution in [3.63, 3.8) is 0 Å². The molecule has 7 heteroatoms. The van der Waals surface area contributed by atoms with E-state index < -0.39 is 17.8 Å². The molecule has 1 aliphatic carbocycles. The smallest absolute Gasteiger partial charge is 0.416 e. The Morgan fingerprint density at radius 1 is 1.12 bits per heavy atom. The van der Waals surface area contributed by atoms with Gasteiger partial charge in [0.15, 0.2) is 0 Å². The Morgan fingerprint density at radius 2 is 1.76 bits per heavy atom. The molecule has 2 fully saturated rings. The van der Waals surface area contributed by atoms with E-state index >= 15 is 0 Å². The van der Waals surface area contributed by atoms with Crippen LogP contribution in [0.3, 0.4) is 0 Å². The highest BCUT2D eigenvalue weighted by atomic mass is 79.9. The Bertz CT molecular complexity index is 579. The Balaban J connectivity index is 2.09. The van der Waals surface area contributed by atoms with Crippen molar-refractivity contribution in [1.82, 2.24) is 10.2 Å². The van der Waals surface area contributed by atoms with Crippen LogP contribution in [-0.4, -0.2) is 36.2 Å². The fraction of sp³-hybridized carbons (Fsp3) is 0.667. The van der Waals surface area contributed by atoms with E-state index in [1.54, 1.807) is 0 Å². The van der Waals surface area contributed by atoms with Crippen molar-refractivity contribution in [2.75, 3.05) is 26.2 Å². The Kier molecular flexibility index (Phi) is 5.96. The number of phenols is 1. The third-order valence-electron chi connectivity index (χ3n) is 5.41. The van der Waals surface area contributed by atoms with Crippen LogP contribution in [0.15, 0.2) is 16.6 Å². The van der Waals surface area contributed by atoms with Gasteiger partial charge in [-0.05, 0) is 46.8 Å². The second-order valence-corrected chi connectivity index (χ2v) is 7.84. The number of benzene rings is 1. The predicted molar refractivity (Wildman–Crippen MR) is 94.6 cm³/mol. The van der Waals surface area contributed by atoms with E-state index in [0.29, 0.717) is 17.6 Å². The second kappa shape index (κ2) is 7.84. The van der Waals surface area contributed by atoms with Gasteiger partial charge in [-0.25, -0.2) is 0 Å².